The Morgan fingerprint density at radius 3 is 2.47 bits per heavy atom. The molecule has 12 heteroatoms. The number of ether oxygens (including phenoxy) is 4. The molecule has 1 aliphatic heterocycles. The van der Waals surface area contributed by atoms with Crippen molar-refractivity contribution in [1.29, 1.82) is 0 Å². The van der Waals surface area contributed by atoms with E-state index in [0.717, 1.165) is 0 Å². The van der Waals surface area contributed by atoms with E-state index in [0.29, 0.717) is 11.0 Å². The monoisotopic (exact) mass is 421 g/mol. The Morgan fingerprint density at radius 2 is 1.87 bits per heavy atom. The lowest BCUT2D eigenvalue weighted by Gasteiger charge is -2.34. The number of hydrogen-bond donors (Lipinski definition) is 2. The van der Waals surface area contributed by atoms with E-state index >= 15 is 0 Å². The smallest absolute Gasteiger partial charge is 0.303 e. The number of esters is 3. The molecule has 0 bridgehead atoms. The van der Waals surface area contributed by atoms with Crippen molar-refractivity contribution < 1.29 is 33.3 Å². The van der Waals surface area contributed by atoms with Gasteiger partial charge in [-0.15, -0.1) is 0 Å². The minimum Gasteiger partial charge on any atom is -0.463 e. The number of carbonyl (C=O) groups excluding carboxylic acids is 3. The quantitative estimate of drug-likeness (QED) is 0.503. The second-order valence-corrected chi connectivity index (χ2v) is 7.09. The molecule has 1 saturated heterocycles. The van der Waals surface area contributed by atoms with Gasteiger partial charge in [0.05, 0.1) is 11.1 Å². The lowest BCUT2D eigenvalue weighted by molar-refractivity contribution is -0.184. The number of hydrogen-bond acceptors (Lipinski definition) is 11. The first kappa shape index (κ1) is 21.3. The van der Waals surface area contributed by atoms with Gasteiger partial charge in [-0.2, -0.15) is 0 Å². The van der Waals surface area contributed by atoms with Gasteiger partial charge < -0.3 is 30.4 Å². The van der Waals surface area contributed by atoms with Gasteiger partial charge in [0.25, 0.3) is 0 Å². The molecule has 3 heterocycles. The Balaban J connectivity index is 2.14. The largest absolute Gasteiger partial charge is 0.463 e. The first-order valence-corrected chi connectivity index (χ1v) is 9.06. The maximum Gasteiger partial charge on any atom is 0.303 e. The van der Waals surface area contributed by atoms with E-state index in [9.17, 15) is 14.4 Å². The SMILES string of the molecule is CC(=O)OC[C@H]1O[C@@H](n2cc(N)c3c(N)ncnc32)[C@](C)(OC(C)=O)[C@@H]1OC(C)=O. The highest BCUT2D eigenvalue weighted by atomic mass is 16.7. The normalized spacial score (nSPS) is 25.8. The molecule has 0 aliphatic carbocycles. The van der Waals surface area contributed by atoms with E-state index in [1.165, 1.54) is 37.9 Å². The van der Waals surface area contributed by atoms with Crippen LogP contribution in [0.1, 0.15) is 33.9 Å². The van der Waals surface area contributed by atoms with Gasteiger partial charge in [0.2, 0.25) is 0 Å². The summed E-state index contributed by atoms with van der Waals surface area (Å²) in [7, 11) is 0. The van der Waals surface area contributed by atoms with Crippen LogP contribution in [0.15, 0.2) is 12.5 Å². The Morgan fingerprint density at radius 1 is 1.17 bits per heavy atom. The lowest BCUT2D eigenvalue weighted by Crippen LogP contribution is -2.50. The topological polar surface area (TPSA) is 171 Å². The summed E-state index contributed by atoms with van der Waals surface area (Å²) < 4.78 is 23.7. The van der Waals surface area contributed by atoms with E-state index in [2.05, 4.69) is 9.97 Å². The molecule has 1 aliphatic rings. The molecular weight excluding hydrogens is 398 g/mol. The van der Waals surface area contributed by atoms with Gasteiger partial charge in [-0.3, -0.25) is 19.0 Å². The molecule has 4 atom stereocenters. The highest BCUT2D eigenvalue weighted by molar-refractivity contribution is 5.97. The standard InChI is InChI=1S/C18H23N5O7/c1-8(24)27-6-12-14(28-9(2)25)18(4,30-10(3)26)17(29-12)23-5-11(19)13-15(20)21-7-22-16(13)23/h5,7,12,14,17H,6,19H2,1-4H3,(H2,20,21,22)/t12-,14-,17-,18-/m1/s1. The third kappa shape index (κ3) is 3.73. The fourth-order valence-electron chi connectivity index (χ4n) is 3.66. The van der Waals surface area contributed by atoms with Crippen molar-refractivity contribution in [2.45, 2.75) is 51.7 Å². The molecule has 0 spiro atoms. The molecule has 30 heavy (non-hydrogen) atoms. The number of carbonyl (C=O) groups is 3. The number of aromatic nitrogens is 3. The van der Waals surface area contributed by atoms with E-state index in [1.807, 2.05) is 0 Å². The fourth-order valence-corrected chi connectivity index (χ4v) is 3.66. The zero-order chi connectivity index (χ0) is 22.2. The van der Waals surface area contributed by atoms with Gasteiger partial charge in [0.1, 0.15) is 30.5 Å². The van der Waals surface area contributed by atoms with Gasteiger partial charge in [-0.1, -0.05) is 0 Å². The Hall–Kier alpha value is -3.41. The third-order valence-corrected chi connectivity index (χ3v) is 4.72. The number of rotatable bonds is 5. The van der Waals surface area contributed by atoms with Gasteiger partial charge in [-0.05, 0) is 6.92 Å². The van der Waals surface area contributed by atoms with Crippen molar-refractivity contribution in [3.8, 4) is 0 Å². The van der Waals surface area contributed by atoms with Crippen LogP contribution in [0.25, 0.3) is 11.0 Å². The molecule has 12 nitrogen and oxygen atoms in total. The van der Waals surface area contributed by atoms with Crippen LogP contribution >= 0.6 is 0 Å². The summed E-state index contributed by atoms with van der Waals surface area (Å²) in [6, 6.07) is 0. The number of anilines is 2. The first-order valence-electron chi connectivity index (χ1n) is 9.06. The summed E-state index contributed by atoms with van der Waals surface area (Å²) in [6.45, 7) is 4.98. The second kappa shape index (κ2) is 7.78. The summed E-state index contributed by atoms with van der Waals surface area (Å²) in [5, 5.41) is 0.402. The predicted molar refractivity (Wildman–Crippen MR) is 103 cm³/mol. The highest BCUT2D eigenvalue weighted by Gasteiger charge is 2.60. The number of nitrogens with zero attached hydrogens (tertiary/aromatic N) is 3. The van der Waals surface area contributed by atoms with Crippen molar-refractivity contribution >= 4 is 40.4 Å². The van der Waals surface area contributed by atoms with Gasteiger partial charge in [0.15, 0.2) is 17.9 Å². The van der Waals surface area contributed by atoms with Gasteiger partial charge in [0, 0.05) is 27.0 Å². The van der Waals surface area contributed by atoms with Crippen molar-refractivity contribution in [3.05, 3.63) is 12.5 Å². The van der Waals surface area contributed by atoms with Crippen molar-refractivity contribution in [1.82, 2.24) is 14.5 Å². The van der Waals surface area contributed by atoms with Crippen molar-refractivity contribution in [2.24, 2.45) is 0 Å². The van der Waals surface area contributed by atoms with Crippen LogP contribution in [0.4, 0.5) is 11.5 Å². The molecular formula is C18H23N5O7. The fraction of sp³-hybridized carbons (Fsp3) is 0.500. The summed E-state index contributed by atoms with van der Waals surface area (Å²) in [6.07, 6.45) is -0.265. The van der Waals surface area contributed by atoms with Gasteiger partial charge in [-0.25, -0.2) is 9.97 Å². The van der Waals surface area contributed by atoms with Crippen LogP contribution in [0.3, 0.4) is 0 Å². The van der Waals surface area contributed by atoms with E-state index in [-0.39, 0.29) is 18.1 Å². The number of fused-ring (bicyclic) bond motifs is 1. The molecule has 0 aromatic carbocycles. The molecule has 162 valence electrons. The van der Waals surface area contributed by atoms with E-state index < -0.39 is 41.9 Å². The summed E-state index contributed by atoms with van der Waals surface area (Å²) in [5.41, 5.74) is 11.1. The first-order chi connectivity index (χ1) is 14.0. The van der Waals surface area contributed by atoms with Crippen molar-refractivity contribution in [3.63, 3.8) is 0 Å². The minimum atomic E-state index is -1.50. The maximum absolute atomic E-state index is 11.9. The molecule has 1 fully saturated rings. The molecule has 0 radical (unpaired) electrons. The Labute approximate surface area is 171 Å². The predicted octanol–water partition coefficient (Wildman–Crippen LogP) is 0.310. The van der Waals surface area contributed by atoms with Crippen LogP contribution in [0.2, 0.25) is 0 Å². The van der Waals surface area contributed by atoms with Crippen LogP contribution in [0.5, 0.6) is 0 Å². The van der Waals surface area contributed by atoms with E-state index in [1.54, 1.807) is 6.92 Å². The average molecular weight is 421 g/mol. The summed E-state index contributed by atoms with van der Waals surface area (Å²) in [5.74, 6) is -1.64. The minimum absolute atomic E-state index is 0.163. The Bertz CT molecular complexity index is 1010. The van der Waals surface area contributed by atoms with Crippen LogP contribution in [-0.2, 0) is 33.3 Å². The van der Waals surface area contributed by atoms with Gasteiger partial charge >= 0.3 is 17.9 Å². The lowest BCUT2D eigenvalue weighted by atomic mass is 9.95. The summed E-state index contributed by atoms with van der Waals surface area (Å²) >= 11 is 0. The van der Waals surface area contributed by atoms with Crippen LogP contribution in [-0.4, -0.2) is 56.9 Å². The zero-order valence-corrected chi connectivity index (χ0v) is 16.9. The summed E-state index contributed by atoms with van der Waals surface area (Å²) in [4.78, 5) is 43.2. The molecule has 2 aromatic rings. The molecule has 3 rings (SSSR count). The zero-order valence-electron chi connectivity index (χ0n) is 16.9. The Kier molecular flexibility index (Phi) is 5.53. The molecule has 2 aromatic heterocycles. The maximum atomic E-state index is 11.9. The average Bonchev–Trinajstić information content (AvgIpc) is 3.08. The highest BCUT2D eigenvalue weighted by Crippen LogP contribution is 2.45. The molecule has 0 amide bonds. The molecule has 0 saturated carbocycles. The van der Waals surface area contributed by atoms with Crippen LogP contribution < -0.4 is 11.5 Å². The molecule has 4 N–H and O–H groups in total. The second-order valence-electron chi connectivity index (χ2n) is 7.09. The third-order valence-electron chi connectivity index (χ3n) is 4.72. The molecule has 0 unspecified atom stereocenters. The van der Waals surface area contributed by atoms with Crippen LogP contribution in [0, 0.1) is 0 Å². The number of nitrogen functional groups attached to an aromatic ring is 2. The number of nitrogens with two attached hydrogens (primary N) is 2. The van der Waals surface area contributed by atoms with Crippen molar-refractivity contribution in [2.75, 3.05) is 18.1 Å². The van der Waals surface area contributed by atoms with E-state index in [4.69, 9.17) is 30.4 Å².